The fraction of sp³-hybridized carbons (Fsp3) is 0.316. The van der Waals surface area contributed by atoms with E-state index in [1.54, 1.807) is 23.9 Å². The van der Waals surface area contributed by atoms with Crippen molar-refractivity contribution in [3.63, 3.8) is 0 Å². The molecule has 0 aliphatic carbocycles. The predicted molar refractivity (Wildman–Crippen MR) is 101 cm³/mol. The second kappa shape index (κ2) is 7.72. The number of hydrogen-bond acceptors (Lipinski definition) is 6. The van der Waals surface area contributed by atoms with Gasteiger partial charge in [0.15, 0.2) is 14.6 Å². The lowest BCUT2D eigenvalue weighted by molar-refractivity contribution is -0.144. The van der Waals surface area contributed by atoms with E-state index in [-0.39, 0.29) is 17.7 Å². The van der Waals surface area contributed by atoms with Gasteiger partial charge in [0, 0.05) is 0 Å². The molecule has 0 N–H and O–H groups in total. The quantitative estimate of drug-likeness (QED) is 0.723. The zero-order valence-electron chi connectivity index (χ0n) is 14.4. The van der Waals surface area contributed by atoms with Crippen LogP contribution in [0.5, 0.6) is 11.5 Å². The van der Waals surface area contributed by atoms with Crippen molar-refractivity contribution >= 4 is 27.6 Å². The van der Waals surface area contributed by atoms with Crippen LogP contribution in [0.2, 0.25) is 0 Å². The van der Waals surface area contributed by atoms with Crippen LogP contribution in [-0.4, -0.2) is 37.7 Å². The van der Waals surface area contributed by atoms with Crippen LogP contribution in [0, 0.1) is 0 Å². The minimum absolute atomic E-state index is 0.107. The molecule has 0 amide bonds. The Bertz CT molecular complexity index is 855. The zero-order valence-corrected chi connectivity index (χ0v) is 16.0. The second-order valence-corrected chi connectivity index (χ2v) is 9.47. The fourth-order valence-corrected chi connectivity index (χ4v) is 6.44. The summed E-state index contributed by atoms with van der Waals surface area (Å²) >= 11 is 1.65. The Kier molecular flexibility index (Phi) is 5.58. The number of benzene rings is 2. The van der Waals surface area contributed by atoms with Crippen LogP contribution >= 0.6 is 11.8 Å². The van der Waals surface area contributed by atoms with E-state index >= 15 is 0 Å². The highest BCUT2D eigenvalue weighted by Gasteiger charge is 2.52. The first kappa shape index (κ1) is 18.8. The van der Waals surface area contributed by atoms with Crippen LogP contribution in [0.3, 0.4) is 0 Å². The van der Waals surface area contributed by atoms with Crippen molar-refractivity contribution in [3.8, 4) is 11.5 Å². The number of hydrogen-bond donors (Lipinski definition) is 0. The van der Waals surface area contributed by atoms with E-state index < -0.39 is 20.6 Å². The lowest BCUT2D eigenvalue weighted by Crippen LogP contribution is -2.49. The molecule has 138 valence electrons. The highest BCUT2D eigenvalue weighted by Crippen LogP contribution is 2.39. The Balaban J connectivity index is 1.90. The van der Waals surface area contributed by atoms with Gasteiger partial charge in [-0.2, -0.15) is 11.8 Å². The van der Waals surface area contributed by atoms with Crippen molar-refractivity contribution in [2.45, 2.75) is 22.5 Å². The van der Waals surface area contributed by atoms with E-state index in [4.69, 9.17) is 9.47 Å². The van der Waals surface area contributed by atoms with Gasteiger partial charge in [-0.15, -0.1) is 0 Å². The van der Waals surface area contributed by atoms with Gasteiger partial charge in [0.1, 0.15) is 11.5 Å². The van der Waals surface area contributed by atoms with Crippen molar-refractivity contribution in [1.82, 2.24) is 0 Å². The van der Waals surface area contributed by atoms with Gasteiger partial charge in [-0.3, -0.25) is 4.79 Å². The maximum atomic E-state index is 13.2. The summed E-state index contributed by atoms with van der Waals surface area (Å²) in [6, 6.07) is 15.4. The van der Waals surface area contributed by atoms with Gasteiger partial charge >= 0.3 is 5.97 Å². The van der Waals surface area contributed by atoms with E-state index in [0.717, 1.165) is 0 Å². The summed E-state index contributed by atoms with van der Waals surface area (Å²) in [7, 11) is -2.63. The Labute approximate surface area is 157 Å². The third-order valence-electron chi connectivity index (χ3n) is 4.49. The van der Waals surface area contributed by atoms with Crippen molar-refractivity contribution in [1.29, 1.82) is 0 Å². The molecule has 0 unspecified atom stereocenters. The lowest BCUT2D eigenvalue weighted by atomic mass is 10.0. The van der Waals surface area contributed by atoms with Crippen LogP contribution in [-0.2, 0) is 19.4 Å². The van der Waals surface area contributed by atoms with Crippen molar-refractivity contribution in [2.75, 3.05) is 18.6 Å². The molecule has 1 heterocycles. The van der Waals surface area contributed by atoms with Crippen LogP contribution in [0.25, 0.3) is 0 Å². The molecule has 1 aliphatic heterocycles. The molecule has 0 bridgehead atoms. The SMILES string of the molecule is COC(=O)C1(S(=O)(=O)c2ccc(Oc3ccccc3)cc2)CCSCC1. The molecule has 2 aromatic carbocycles. The molecular formula is C19H20O5S2. The number of thioether (sulfide) groups is 1. The Hall–Kier alpha value is -1.99. The highest BCUT2D eigenvalue weighted by molar-refractivity contribution is 7.99. The average Bonchev–Trinajstić information content (AvgIpc) is 2.69. The van der Waals surface area contributed by atoms with Gasteiger partial charge in [0.25, 0.3) is 0 Å². The van der Waals surface area contributed by atoms with Crippen LogP contribution in [0.4, 0.5) is 0 Å². The number of para-hydroxylation sites is 1. The summed E-state index contributed by atoms with van der Waals surface area (Å²) in [5, 5.41) is 0. The maximum absolute atomic E-state index is 13.2. The molecule has 1 aliphatic rings. The molecule has 7 heteroatoms. The van der Waals surface area contributed by atoms with E-state index in [2.05, 4.69) is 0 Å². The highest BCUT2D eigenvalue weighted by atomic mass is 32.2. The molecule has 0 radical (unpaired) electrons. The fourth-order valence-electron chi connectivity index (χ4n) is 3.01. The first-order valence-electron chi connectivity index (χ1n) is 8.23. The Morgan fingerprint density at radius 1 is 0.962 bits per heavy atom. The number of sulfone groups is 1. The minimum Gasteiger partial charge on any atom is -0.468 e. The van der Waals surface area contributed by atoms with Crippen molar-refractivity contribution in [2.24, 2.45) is 0 Å². The van der Waals surface area contributed by atoms with Crippen LogP contribution in [0.1, 0.15) is 12.8 Å². The molecule has 0 saturated carbocycles. The average molecular weight is 392 g/mol. The number of esters is 1. The van der Waals surface area contributed by atoms with Crippen LogP contribution in [0.15, 0.2) is 59.5 Å². The predicted octanol–water partition coefficient (Wildman–Crippen LogP) is 3.69. The molecule has 0 aromatic heterocycles. The third-order valence-corrected chi connectivity index (χ3v) is 7.97. The molecule has 1 fully saturated rings. The van der Waals surface area contributed by atoms with Gasteiger partial charge in [0.05, 0.1) is 12.0 Å². The standard InChI is InChI=1S/C19H20O5S2/c1-23-18(20)19(11-13-25-14-12-19)26(21,22)17-9-7-16(8-10-17)24-15-5-3-2-4-6-15/h2-10H,11-14H2,1H3. The van der Waals surface area contributed by atoms with Crippen LogP contribution < -0.4 is 4.74 Å². The summed E-state index contributed by atoms with van der Waals surface area (Å²) < 4.78 is 35.5. The van der Waals surface area contributed by atoms with Gasteiger partial charge in [-0.05, 0) is 60.7 Å². The van der Waals surface area contributed by atoms with E-state index in [9.17, 15) is 13.2 Å². The first-order chi connectivity index (χ1) is 12.5. The number of rotatable bonds is 5. The van der Waals surface area contributed by atoms with Gasteiger partial charge in [-0.25, -0.2) is 8.42 Å². The third kappa shape index (κ3) is 3.46. The maximum Gasteiger partial charge on any atom is 0.327 e. The normalized spacial score (nSPS) is 16.7. The minimum atomic E-state index is -3.87. The molecule has 0 atom stereocenters. The molecular weight excluding hydrogens is 372 g/mol. The summed E-state index contributed by atoms with van der Waals surface area (Å²) in [5.74, 6) is 1.75. The van der Waals surface area contributed by atoms with E-state index in [0.29, 0.717) is 23.0 Å². The number of ether oxygens (including phenoxy) is 2. The lowest BCUT2D eigenvalue weighted by Gasteiger charge is -2.33. The van der Waals surface area contributed by atoms with Crippen molar-refractivity contribution < 1.29 is 22.7 Å². The zero-order chi connectivity index (χ0) is 18.6. The van der Waals surface area contributed by atoms with Gasteiger partial charge in [0.2, 0.25) is 0 Å². The number of carbonyl (C=O) groups is 1. The monoisotopic (exact) mass is 392 g/mol. The molecule has 1 saturated heterocycles. The Morgan fingerprint density at radius 3 is 2.12 bits per heavy atom. The largest absolute Gasteiger partial charge is 0.468 e. The van der Waals surface area contributed by atoms with Gasteiger partial charge < -0.3 is 9.47 Å². The first-order valence-corrected chi connectivity index (χ1v) is 10.9. The summed E-state index contributed by atoms with van der Waals surface area (Å²) in [6.45, 7) is 0. The summed E-state index contributed by atoms with van der Waals surface area (Å²) in [6.07, 6.45) is 0.518. The topological polar surface area (TPSA) is 69.7 Å². The number of carbonyl (C=O) groups excluding carboxylic acids is 1. The molecule has 2 aromatic rings. The molecule has 3 rings (SSSR count). The van der Waals surface area contributed by atoms with E-state index in [1.807, 2.05) is 30.3 Å². The summed E-state index contributed by atoms with van der Waals surface area (Å²) in [5.41, 5.74) is 0. The van der Waals surface area contributed by atoms with Gasteiger partial charge in [-0.1, -0.05) is 18.2 Å². The number of methoxy groups -OCH3 is 1. The summed E-state index contributed by atoms with van der Waals surface area (Å²) in [4.78, 5) is 12.5. The molecule has 26 heavy (non-hydrogen) atoms. The Morgan fingerprint density at radius 2 is 1.54 bits per heavy atom. The van der Waals surface area contributed by atoms with Crippen molar-refractivity contribution in [3.05, 3.63) is 54.6 Å². The second-order valence-electron chi connectivity index (χ2n) is 5.99. The smallest absolute Gasteiger partial charge is 0.327 e. The van der Waals surface area contributed by atoms with E-state index in [1.165, 1.54) is 19.2 Å². The molecule has 0 spiro atoms. The molecule has 5 nitrogen and oxygen atoms in total.